The number of imidazole rings is 1. The summed E-state index contributed by atoms with van der Waals surface area (Å²) in [4.78, 5) is 35.3. The Balaban J connectivity index is 1.88. The molecular weight excluding hydrogens is 374 g/mol. The largest absolute Gasteiger partial charge is 0.333 e. The molecule has 0 amide bonds. The monoisotopic (exact) mass is 397 g/mol. The van der Waals surface area contributed by atoms with E-state index in [1.165, 1.54) is 15.9 Å². The van der Waals surface area contributed by atoms with E-state index >= 15 is 0 Å². The first-order valence-corrected chi connectivity index (χ1v) is 10.5. The molecule has 0 fully saturated rings. The Labute approximate surface area is 165 Å². The highest BCUT2D eigenvalue weighted by molar-refractivity contribution is 7.18. The van der Waals surface area contributed by atoms with Gasteiger partial charge >= 0.3 is 5.69 Å². The number of unbranched alkanes of at least 4 members (excludes halogenated alkanes) is 1. The van der Waals surface area contributed by atoms with E-state index in [0.717, 1.165) is 34.5 Å². The molecule has 0 saturated heterocycles. The summed E-state index contributed by atoms with van der Waals surface area (Å²) in [5.41, 5.74) is 1.26. The molecule has 0 unspecified atom stereocenters. The molecule has 0 N–H and O–H groups in total. The van der Waals surface area contributed by atoms with Crippen LogP contribution in [-0.4, -0.2) is 23.7 Å². The Morgan fingerprint density at radius 2 is 1.86 bits per heavy atom. The zero-order valence-corrected chi connectivity index (χ0v) is 16.9. The summed E-state index contributed by atoms with van der Waals surface area (Å²) in [5, 5.41) is 0.752. The van der Waals surface area contributed by atoms with Crippen molar-refractivity contribution in [3.05, 3.63) is 56.4 Å². The molecule has 0 aliphatic rings. The van der Waals surface area contributed by atoms with Crippen molar-refractivity contribution < 1.29 is 0 Å². The van der Waals surface area contributed by atoms with Gasteiger partial charge in [-0.25, -0.2) is 14.8 Å². The maximum Gasteiger partial charge on any atom is 0.333 e. The average molecular weight is 398 g/mol. The molecule has 1 aromatic carbocycles. The maximum atomic E-state index is 13.2. The molecule has 4 aromatic rings. The Hall–Kier alpha value is -2.74. The molecule has 7 nitrogen and oxygen atoms in total. The van der Waals surface area contributed by atoms with Crippen LogP contribution in [0.5, 0.6) is 0 Å². The van der Waals surface area contributed by atoms with E-state index in [9.17, 15) is 9.59 Å². The number of nitrogens with zero attached hydrogens (tertiary/aromatic N) is 5. The van der Waals surface area contributed by atoms with Crippen molar-refractivity contribution in [3.63, 3.8) is 0 Å². The van der Waals surface area contributed by atoms with Gasteiger partial charge in [0.05, 0.1) is 23.1 Å². The smallest absolute Gasteiger partial charge is 0.325 e. The number of aryl methyl sites for hydroxylation is 2. The van der Waals surface area contributed by atoms with Crippen molar-refractivity contribution in [3.8, 4) is 0 Å². The van der Waals surface area contributed by atoms with Gasteiger partial charge in [-0.2, -0.15) is 0 Å². The van der Waals surface area contributed by atoms with Crippen LogP contribution in [0.25, 0.3) is 21.4 Å². The summed E-state index contributed by atoms with van der Waals surface area (Å²) < 4.78 is 5.85. The zero-order valence-electron chi connectivity index (χ0n) is 16.1. The summed E-state index contributed by atoms with van der Waals surface area (Å²) in [6.45, 7) is 5.54. The number of hydrogen-bond donors (Lipinski definition) is 0. The number of fused-ring (bicyclic) bond motifs is 2. The van der Waals surface area contributed by atoms with Crippen LogP contribution in [0.15, 0.2) is 40.2 Å². The van der Waals surface area contributed by atoms with Gasteiger partial charge in [-0.3, -0.25) is 13.9 Å². The molecule has 146 valence electrons. The lowest BCUT2D eigenvalue weighted by Gasteiger charge is -2.11. The Morgan fingerprint density at radius 1 is 1.04 bits per heavy atom. The highest BCUT2D eigenvalue weighted by Gasteiger charge is 2.18. The molecule has 0 aliphatic heterocycles. The second-order valence-corrected chi connectivity index (χ2v) is 7.98. The fourth-order valence-corrected chi connectivity index (χ4v) is 4.38. The lowest BCUT2D eigenvalue weighted by Crippen LogP contribution is -2.41. The van der Waals surface area contributed by atoms with Gasteiger partial charge in [0.15, 0.2) is 11.2 Å². The van der Waals surface area contributed by atoms with Crippen LogP contribution >= 0.6 is 11.3 Å². The summed E-state index contributed by atoms with van der Waals surface area (Å²) in [7, 11) is 0. The van der Waals surface area contributed by atoms with Crippen LogP contribution < -0.4 is 11.2 Å². The maximum absolute atomic E-state index is 13.2. The van der Waals surface area contributed by atoms with Crippen LogP contribution in [0.4, 0.5) is 0 Å². The first-order valence-electron chi connectivity index (χ1n) is 9.67. The van der Waals surface area contributed by atoms with Gasteiger partial charge < -0.3 is 4.57 Å². The van der Waals surface area contributed by atoms with Gasteiger partial charge in [-0.05, 0) is 25.0 Å². The van der Waals surface area contributed by atoms with Crippen LogP contribution in [0.3, 0.4) is 0 Å². The summed E-state index contributed by atoms with van der Waals surface area (Å²) in [6.07, 6.45) is 4.44. The van der Waals surface area contributed by atoms with Crippen LogP contribution in [0, 0.1) is 0 Å². The number of thiazole rings is 1. The van der Waals surface area contributed by atoms with Crippen molar-refractivity contribution >= 4 is 32.7 Å². The van der Waals surface area contributed by atoms with Crippen molar-refractivity contribution in [2.24, 2.45) is 0 Å². The van der Waals surface area contributed by atoms with Gasteiger partial charge in [0.1, 0.15) is 5.01 Å². The van der Waals surface area contributed by atoms with Crippen LogP contribution in [-0.2, 0) is 19.6 Å². The Kier molecular flexibility index (Phi) is 5.13. The van der Waals surface area contributed by atoms with E-state index in [1.54, 1.807) is 10.9 Å². The lowest BCUT2D eigenvalue weighted by atomic mass is 10.3. The molecule has 28 heavy (non-hydrogen) atoms. The standard InChI is InChI=1S/C20H23N5O2S/c1-3-5-11-23-13-21-18-17(23)19(26)25(20(27)24(18)10-4-2)12-16-22-14-8-6-7-9-15(14)28-16/h6-9,13H,3-5,10-12H2,1-2H3. The second-order valence-electron chi connectivity index (χ2n) is 6.86. The van der Waals surface area contributed by atoms with Gasteiger partial charge in [0, 0.05) is 13.1 Å². The van der Waals surface area contributed by atoms with Gasteiger partial charge in [0.25, 0.3) is 5.56 Å². The minimum Gasteiger partial charge on any atom is -0.325 e. The molecule has 3 heterocycles. The SMILES string of the molecule is CCCCn1cnc2c1c(=O)n(Cc1nc3ccccc3s1)c(=O)n2CCC. The normalized spacial score (nSPS) is 11.6. The first-order chi connectivity index (χ1) is 13.6. The Bertz CT molecular complexity index is 1210. The molecular formula is C20H23N5O2S. The van der Waals surface area contributed by atoms with E-state index in [-0.39, 0.29) is 17.8 Å². The minimum atomic E-state index is -0.320. The number of benzene rings is 1. The number of hydrogen-bond acceptors (Lipinski definition) is 5. The molecule has 0 saturated carbocycles. The quantitative estimate of drug-likeness (QED) is 0.480. The molecule has 0 radical (unpaired) electrons. The van der Waals surface area contributed by atoms with E-state index < -0.39 is 0 Å². The van der Waals surface area contributed by atoms with Crippen molar-refractivity contribution in [1.29, 1.82) is 0 Å². The van der Waals surface area contributed by atoms with Crippen molar-refractivity contribution in [2.75, 3.05) is 0 Å². The molecule has 0 atom stereocenters. The zero-order chi connectivity index (χ0) is 19.7. The highest BCUT2D eigenvalue weighted by atomic mass is 32.1. The Morgan fingerprint density at radius 3 is 2.61 bits per heavy atom. The van der Waals surface area contributed by atoms with Crippen LogP contribution in [0.2, 0.25) is 0 Å². The topological polar surface area (TPSA) is 74.7 Å². The lowest BCUT2D eigenvalue weighted by molar-refractivity contribution is 0.584. The van der Waals surface area contributed by atoms with Crippen molar-refractivity contribution in [2.45, 2.75) is 52.7 Å². The minimum absolute atomic E-state index is 0.176. The van der Waals surface area contributed by atoms with E-state index in [2.05, 4.69) is 16.9 Å². The summed E-state index contributed by atoms with van der Waals surface area (Å²) in [5.74, 6) is 0. The molecule has 4 rings (SSSR count). The molecule has 0 aliphatic carbocycles. The molecule has 8 heteroatoms. The first kappa shape index (κ1) is 18.6. The number of aromatic nitrogens is 5. The molecule has 0 bridgehead atoms. The van der Waals surface area contributed by atoms with Crippen molar-refractivity contribution in [1.82, 2.24) is 23.7 Å². The van der Waals surface area contributed by atoms with E-state index in [4.69, 9.17) is 0 Å². The predicted molar refractivity (Wildman–Crippen MR) is 112 cm³/mol. The van der Waals surface area contributed by atoms with E-state index in [0.29, 0.717) is 24.3 Å². The summed E-state index contributed by atoms with van der Waals surface area (Å²) >= 11 is 1.51. The van der Waals surface area contributed by atoms with Gasteiger partial charge in [-0.15, -0.1) is 11.3 Å². The third-order valence-corrected chi connectivity index (χ3v) is 5.84. The summed E-state index contributed by atoms with van der Waals surface area (Å²) in [6, 6.07) is 7.84. The molecule has 0 spiro atoms. The fourth-order valence-electron chi connectivity index (χ4n) is 3.42. The van der Waals surface area contributed by atoms with Crippen LogP contribution in [0.1, 0.15) is 38.1 Å². The third-order valence-electron chi connectivity index (χ3n) is 4.81. The van der Waals surface area contributed by atoms with Gasteiger partial charge in [-0.1, -0.05) is 32.4 Å². The third kappa shape index (κ3) is 3.17. The predicted octanol–water partition coefficient (Wildman–Crippen LogP) is 3.23. The number of para-hydroxylation sites is 1. The fraction of sp³-hybridized carbons (Fsp3) is 0.400. The number of rotatable bonds is 7. The second kappa shape index (κ2) is 7.71. The van der Waals surface area contributed by atoms with Gasteiger partial charge in [0.2, 0.25) is 0 Å². The average Bonchev–Trinajstić information content (AvgIpc) is 3.30. The highest BCUT2D eigenvalue weighted by Crippen LogP contribution is 2.21. The van der Waals surface area contributed by atoms with E-state index in [1.807, 2.05) is 35.8 Å². The molecule has 3 aromatic heterocycles.